The molecule has 2 saturated heterocycles. The van der Waals surface area contributed by atoms with Gasteiger partial charge in [0, 0.05) is 19.6 Å². The number of urea groups is 1. The zero-order valence-electron chi connectivity index (χ0n) is 11.5. The molecule has 0 saturated carbocycles. The van der Waals surface area contributed by atoms with Crippen LogP contribution >= 0.6 is 0 Å². The summed E-state index contributed by atoms with van der Waals surface area (Å²) in [6.07, 6.45) is 1.02. The van der Waals surface area contributed by atoms with Gasteiger partial charge in [0.1, 0.15) is 0 Å². The SMILES string of the molecule is CC1(C(=O)O)CCN(C(=O)NCC2CCS(=O)(=O)C2)C1. The third kappa shape index (κ3) is 3.23. The van der Waals surface area contributed by atoms with Crippen LogP contribution in [0, 0.1) is 11.3 Å². The Kier molecular flexibility index (Phi) is 3.95. The fourth-order valence-electron chi connectivity index (χ4n) is 2.69. The Balaban J connectivity index is 1.81. The van der Waals surface area contributed by atoms with Crippen molar-refractivity contribution in [2.75, 3.05) is 31.1 Å². The molecule has 8 heteroatoms. The average molecular weight is 304 g/mol. The highest BCUT2D eigenvalue weighted by Crippen LogP contribution is 2.30. The number of carbonyl (C=O) groups excluding carboxylic acids is 1. The molecule has 2 heterocycles. The normalized spacial score (nSPS) is 32.2. The van der Waals surface area contributed by atoms with Crippen LogP contribution in [0.4, 0.5) is 4.79 Å². The van der Waals surface area contributed by atoms with Gasteiger partial charge in [-0.15, -0.1) is 0 Å². The molecule has 2 aliphatic heterocycles. The number of carbonyl (C=O) groups is 2. The van der Waals surface area contributed by atoms with Crippen LogP contribution in [0.1, 0.15) is 19.8 Å². The topological polar surface area (TPSA) is 104 Å². The van der Waals surface area contributed by atoms with Crippen molar-refractivity contribution >= 4 is 21.8 Å². The first-order chi connectivity index (χ1) is 9.22. The van der Waals surface area contributed by atoms with Crippen LogP contribution in [-0.2, 0) is 14.6 Å². The van der Waals surface area contributed by atoms with Gasteiger partial charge >= 0.3 is 12.0 Å². The second-order valence-corrected chi connectivity index (χ2v) is 8.22. The van der Waals surface area contributed by atoms with E-state index in [0.717, 1.165) is 0 Å². The first kappa shape index (κ1) is 15.1. The first-order valence-corrected chi connectivity index (χ1v) is 8.51. The monoisotopic (exact) mass is 304 g/mol. The molecule has 2 rings (SSSR count). The van der Waals surface area contributed by atoms with Crippen molar-refractivity contribution < 1.29 is 23.1 Å². The lowest BCUT2D eigenvalue weighted by Crippen LogP contribution is -2.42. The van der Waals surface area contributed by atoms with E-state index in [2.05, 4.69) is 5.32 Å². The van der Waals surface area contributed by atoms with Crippen molar-refractivity contribution in [3.05, 3.63) is 0 Å². The van der Waals surface area contributed by atoms with Gasteiger partial charge in [0.15, 0.2) is 9.84 Å². The fraction of sp³-hybridized carbons (Fsp3) is 0.833. The summed E-state index contributed by atoms with van der Waals surface area (Å²) in [5, 5.41) is 11.8. The number of aliphatic carboxylic acids is 1. The van der Waals surface area contributed by atoms with E-state index in [0.29, 0.717) is 25.9 Å². The minimum atomic E-state index is -2.93. The number of rotatable bonds is 3. The predicted octanol–water partition coefficient (Wildman–Crippen LogP) is -0.0727. The largest absolute Gasteiger partial charge is 0.481 e. The summed E-state index contributed by atoms with van der Waals surface area (Å²) < 4.78 is 22.6. The molecule has 0 aromatic heterocycles. The zero-order valence-corrected chi connectivity index (χ0v) is 12.3. The van der Waals surface area contributed by atoms with Crippen LogP contribution in [0.5, 0.6) is 0 Å². The molecule has 2 amide bonds. The van der Waals surface area contributed by atoms with Crippen molar-refractivity contribution in [2.45, 2.75) is 19.8 Å². The van der Waals surface area contributed by atoms with Gasteiger partial charge in [-0.3, -0.25) is 4.79 Å². The second kappa shape index (κ2) is 5.23. The molecule has 0 radical (unpaired) electrons. The first-order valence-electron chi connectivity index (χ1n) is 6.68. The molecule has 0 aromatic rings. The Morgan fingerprint density at radius 2 is 2.15 bits per heavy atom. The number of sulfone groups is 1. The Bertz CT molecular complexity index is 518. The minimum Gasteiger partial charge on any atom is -0.481 e. The number of likely N-dealkylation sites (tertiary alicyclic amines) is 1. The standard InChI is InChI=1S/C12H20N2O5S/c1-12(10(15)16)3-4-14(8-12)11(17)13-6-9-2-5-20(18,19)7-9/h9H,2-8H2,1H3,(H,13,17)(H,15,16). The summed E-state index contributed by atoms with van der Waals surface area (Å²) >= 11 is 0. The van der Waals surface area contributed by atoms with Gasteiger partial charge in [-0.05, 0) is 25.7 Å². The maximum absolute atomic E-state index is 11.9. The predicted molar refractivity (Wildman–Crippen MR) is 72.1 cm³/mol. The van der Waals surface area contributed by atoms with E-state index in [9.17, 15) is 18.0 Å². The molecule has 2 aliphatic rings. The van der Waals surface area contributed by atoms with Crippen LogP contribution < -0.4 is 5.32 Å². The quantitative estimate of drug-likeness (QED) is 0.759. The number of nitrogens with one attached hydrogen (secondary N) is 1. The number of nitrogens with zero attached hydrogens (tertiary/aromatic N) is 1. The molecule has 2 atom stereocenters. The van der Waals surface area contributed by atoms with Crippen molar-refractivity contribution in [3.8, 4) is 0 Å². The smallest absolute Gasteiger partial charge is 0.317 e. The van der Waals surface area contributed by atoms with E-state index in [1.54, 1.807) is 6.92 Å². The lowest BCUT2D eigenvalue weighted by molar-refractivity contribution is -0.147. The van der Waals surface area contributed by atoms with Gasteiger partial charge in [-0.1, -0.05) is 0 Å². The number of hydrogen-bond acceptors (Lipinski definition) is 4. The molecule has 2 N–H and O–H groups in total. The van der Waals surface area contributed by atoms with E-state index < -0.39 is 21.2 Å². The highest BCUT2D eigenvalue weighted by atomic mass is 32.2. The number of carboxylic acids is 1. The highest BCUT2D eigenvalue weighted by Gasteiger charge is 2.42. The zero-order chi connectivity index (χ0) is 15.0. The van der Waals surface area contributed by atoms with Gasteiger partial charge in [-0.2, -0.15) is 0 Å². The number of amides is 2. The van der Waals surface area contributed by atoms with Gasteiger partial charge in [-0.25, -0.2) is 13.2 Å². The molecular formula is C12H20N2O5S. The summed E-state index contributed by atoms with van der Waals surface area (Å²) in [5.41, 5.74) is -0.881. The summed E-state index contributed by atoms with van der Waals surface area (Å²) in [6.45, 7) is 2.57. The third-order valence-corrected chi connectivity index (χ3v) is 5.98. The van der Waals surface area contributed by atoms with Crippen LogP contribution in [0.25, 0.3) is 0 Å². The molecule has 20 heavy (non-hydrogen) atoms. The van der Waals surface area contributed by atoms with Crippen LogP contribution in [0.2, 0.25) is 0 Å². The Morgan fingerprint density at radius 3 is 2.65 bits per heavy atom. The summed E-state index contributed by atoms with van der Waals surface area (Å²) in [6, 6.07) is -0.306. The maximum Gasteiger partial charge on any atom is 0.317 e. The summed E-state index contributed by atoms with van der Waals surface area (Å²) in [5.74, 6) is -0.610. The van der Waals surface area contributed by atoms with Gasteiger partial charge in [0.2, 0.25) is 0 Å². The average Bonchev–Trinajstić information content (AvgIpc) is 2.91. The molecule has 0 aromatic carbocycles. The molecule has 114 valence electrons. The highest BCUT2D eigenvalue weighted by molar-refractivity contribution is 7.91. The van der Waals surface area contributed by atoms with Gasteiger partial charge < -0.3 is 15.3 Å². The molecule has 2 fully saturated rings. The van der Waals surface area contributed by atoms with Crippen molar-refractivity contribution in [1.29, 1.82) is 0 Å². The second-order valence-electron chi connectivity index (χ2n) is 5.99. The Labute approximate surface area is 118 Å². The maximum atomic E-state index is 11.9. The third-order valence-electron chi connectivity index (χ3n) is 4.15. The lowest BCUT2D eigenvalue weighted by atomic mass is 9.90. The van der Waals surface area contributed by atoms with Crippen molar-refractivity contribution in [3.63, 3.8) is 0 Å². The van der Waals surface area contributed by atoms with Crippen LogP contribution in [-0.4, -0.2) is 61.6 Å². The molecular weight excluding hydrogens is 284 g/mol. The fourth-order valence-corrected chi connectivity index (χ4v) is 4.55. The van der Waals surface area contributed by atoms with Gasteiger partial charge in [0.05, 0.1) is 16.9 Å². The number of hydrogen-bond donors (Lipinski definition) is 2. The molecule has 0 aliphatic carbocycles. The van der Waals surface area contributed by atoms with Gasteiger partial charge in [0.25, 0.3) is 0 Å². The molecule has 0 spiro atoms. The van der Waals surface area contributed by atoms with E-state index in [4.69, 9.17) is 5.11 Å². The van der Waals surface area contributed by atoms with E-state index >= 15 is 0 Å². The molecule has 0 bridgehead atoms. The van der Waals surface area contributed by atoms with Crippen LogP contribution in [0.15, 0.2) is 0 Å². The Hall–Kier alpha value is -1.31. The van der Waals surface area contributed by atoms with Crippen molar-refractivity contribution in [2.24, 2.45) is 11.3 Å². The summed E-state index contributed by atoms with van der Waals surface area (Å²) in [7, 11) is -2.93. The van der Waals surface area contributed by atoms with Crippen LogP contribution in [0.3, 0.4) is 0 Å². The lowest BCUT2D eigenvalue weighted by Gasteiger charge is -2.21. The van der Waals surface area contributed by atoms with E-state index in [-0.39, 0.29) is 30.0 Å². The van der Waals surface area contributed by atoms with E-state index in [1.165, 1.54) is 4.90 Å². The summed E-state index contributed by atoms with van der Waals surface area (Å²) in [4.78, 5) is 24.5. The molecule has 2 unspecified atom stereocenters. The van der Waals surface area contributed by atoms with Crippen molar-refractivity contribution in [1.82, 2.24) is 10.2 Å². The minimum absolute atomic E-state index is 0.0302. The molecule has 7 nitrogen and oxygen atoms in total. The Morgan fingerprint density at radius 1 is 1.45 bits per heavy atom. The van der Waals surface area contributed by atoms with E-state index in [1.807, 2.05) is 0 Å². The number of carboxylic acid groups (broad SMARTS) is 1.